The summed E-state index contributed by atoms with van der Waals surface area (Å²) in [5.74, 6) is -0.278. The van der Waals surface area contributed by atoms with Crippen LogP contribution in [-0.2, 0) is 9.47 Å². The molecule has 0 aromatic heterocycles. The first kappa shape index (κ1) is 12.5. The zero-order valence-corrected chi connectivity index (χ0v) is 10.4. The summed E-state index contributed by atoms with van der Waals surface area (Å²) in [5.41, 5.74) is 0.738. The maximum atomic E-state index is 10.4. The van der Waals surface area contributed by atoms with Gasteiger partial charge in [0.15, 0.2) is 5.79 Å². The number of ether oxygens (including phenoxy) is 2. The second-order valence-electron chi connectivity index (χ2n) is 4.99. The Kier molecular flexibility index (Phi) is 3.46. The smallest absolute Gasteiger partial charge is 0.195 e. The lowest BCUT2D eigenvalue weighted by molar-refractivity contribution is -0.186. The van der Waals surface area contributed by atoms with Gasteiger partial charge in [-0.15, -0.1) is 0 Å². The van der Waals surface area contributed by atoms with Gasteiger partial charge in [-0.1, -0.05) is 27.7 Å². The highest BCUT2D eigenvalue weighted by Gasteiger charge is 2.43. The third-order valence-electron chi connectivity index (χ3n) is 2.80. The molecule has 0 saturated heterocycles. The SMILES string of the molecule is CCC1=C(C(C)(C)C)C(O)(OC)CCO1. The molecular weight excluding hydrogens is 192 g/mol. The lowest BCUT2D eigenvalue weighted by Gasteiger charge is -2.41. The first-order valence-electron chi connectivity index (χ1n) is 5.49. The van der Waals surface area contributed by atoms with Crippen molar-refractivity contribution in [3.05, 3.63) is 11.3 Å². The molecule has 1 unspecified atom stereocenters. The third kappa shape index (κ3) is 2.34. The molecule has 0 aromatic rings. The van der Waals surface area contributed by atoms with E-state index in [4.69, 9.17) is 9.47 Å². The average Bonchev–Trinajstić information content (AvgIpc) is 2.15. The van der Waals surface area contributed by atoms with Crippen LogP contribution < -0.4 is 0 Å². The second kappa shape index (κ2) is 4.14. The van der Waals surface area contributed by atoms with Crippen molar-refractivity contribution in [1.82, 2.24) is 0 Å². The Morgan fingerprint density at radius 3 is 2.47 bits per heavy atom. The van der Waals surface area contributed by atoms with Crippen LogP contribution in [0.5, 0.6) is 0 Å². The van der Waals surface area contributed by atoms with Gasteiger partial charge in [-0.3, -0.25) is 0 Å². The van der Waals surface area contributed by atoms with Gasteiger partial charge >= 0.3 is 0 Å². The summed E-state index contributed by atoms with van der Waals surface area (Å²) in [7, 11) is 1.55. The first-order valence-corrected chi connectivity index (χ1v) is 5.49. The molecular formula is C12H22O3. The topological polar surface area (TPSA) is 38.7 Å². The van der Waals surface area contributed by atoms with Gasteiger partial charge in [0, 0.05) is 25.5 Å². The van der Waals surface area contributed by atoms with E-state index in [1.807, 2.05) is 6.92 Å². The van der Waals surface area contributed by atoms with Crippen LogP contribution in [0, 0.1) is 5.41 Å². The predicted molar refractivity (Wildman–Crippen MR) is 59.3 cm³/mol. The maximum Gasteiger partial charge on any atom is 0.195 e. The fourth-order valence-electron chi connectivity index (χ4n) is 2.21. The summed E-state index contributed by atoms with van der Waals surface area (Å²) < 4.78 is 10.9. The summed E-state index contributed by atoms with van der Waals surface area (Å²) in [6, 6.07) is 0. The van der Waals surface area contributed by atoms with Crippen molar-refractivity contribution >= 4 is 0 Å². The van der Waals surface area contributed by atoms with Crippen LogP contribution in [0.2, 0.25) is 0 Å². The first-order chi connectivity index (χ1) is 6.85. The monoisotopic (exact) mass is 214 g/mol. The molecule has 3 nitrogen and oxygen atoms in total. The molecule has 1 N–H and O–H groups in total. The Morgan fingerprint density at radius 2 is 2.07 bits per heavy atom. The highest BCUT2D eigenvalue weighted by atomic mass is 16.6. The molecule has 0 aromatic carbocycles. The standard InChI is InChI=1S/C12H22O3/c1-6-9-10(11(2,3)4)12(13,14-5)7-8-15-9/h13H,6-8H2,1-5H3. The number of methoxy groups -OCH3 is 1. The summed E-state index contributed by atoms with van der Waals surface area (Å²) in [4.78, 5) is 0. The van der Waals surface area contributed by atoms with E-state index < -0.39 is 5.79 Å². The summed E-state index contributed by atoms with van der Waals surface area (Å²) in [5, 5.41) is 10.4. The molecule has 1 aliphatic heterocycles. The Balaban J connectivity index is 3.22. The predicted octanol–water partition coefficient (Wildman–Crippen LogP) is 2.45. The molecule has 0 saturated carbocycles. The third-order valence-corrected chi connectivity index (χ3v) is 2.80. The van der Waals surface area contributed by atoms with E-state index in [1.165, 1.54) is 0 Å². The molecule has 1 aliphatic rings. The van der Waals surface area contributed by atoms with Crippen LogP contribution in [0.1, 0.15) is 40.5 Å². The molecule has 0 amide bonds. The Bertz CT molecular complexity index is 263. The van der Waals surface area contributed by atoms with Crippen LogP contribution in [0.4, 0.5) is 0 Å². The molecule has 15 heavy (non-hydrogen) atoms. The van der Waals surface area contributed by atoms with Crippen LogP contribution in [0.15, 0.2) is 11.3 Å². The lowest BCUT2D eigenvalue weighted by Crippen LogP contribution is -2.43. The molecule has 88 valence electrons. The minimum absolute atomic E-state index is 0.142. The van der Waals surface area contributed by atoms with E-state index in [-0.39, 0.29) is 5.41 Å². The van der Waals surface area contributed by atoms with Crippen molar-refractivity contribution in [3.63, 3.8) is 0 Å². The van der Waals surface area contributed by atoms with Gasteiger partial charge in [0.1, 0.15) is 5.76 Å². The molecule has 1 rings (SSSR count). The number of aliphatic hydroxyl groups is 1. The van der Waals surface area contributed by atoms with Gasteiger partial charge in [-0.05, 0) is 5.41 Å². The largest absolute Gasteiger partial charge is 0.498 e. The van der Waals surface area contributed by atoms with Crippen molar-refractivity contribution in [1.29, 1.82) is 0 Å². The summed E-state index contributed by atoms with van der Waals surface area (Å²) >= 11 is 0. The van der Waals surface area contributed by atoms with Gasteiger partial charge in [0.2, 0.25) is 0 Å². The number of allylic oxidation sites excluding steroid dienone is 1. The Morgan fingerprint density at radius 1 is 1.47 bits per heavy atom. The van der Waals surface area contributed by atoms with E-state index in [2.05, 4.69) is 20.8 Å². The number of rotatable bonds is 2. The van der Waals surface area contributed by atoms with Gasteiger partial charge in [0.25, 0.3) is 0 Å². The quantitative estimate of drug-likeness (QED) is 0.718. The highest BCUT2D eigenvalue weighted by Crippen LogP contribution is 2.42. The van der Waals surface area contributed by atoms with Crippen LogP contribution in [0.25, 0.3) is 0 Å². The van der Waals surface area contributed by atoms with E-state index in [0.29, 0.717) is 13.0 Å². The normalized spacial score (nSPS) is 27.9. The van der Waals surface area contributed by atoms with Gasteiger partial charge in [0.05, 0.1) is 6.61 Å². The molecule has 0 fully saturated rings. The van der Waals surface area contributed by atoms with Crippen molar-refractivity contribution in [3.8, 4) is 0 Å². The van der Waals surface area contributed by atoms with Crippen molar-refractivity contribution in [2.24, 2.45) is 5.41 Å². The zero-order chi connectivity index (χ0) is 11.7. The fraction of sp³-hybridized carbons (Fsp3) is 0.833. The molecule has 0 aliphatic carbocycles. The molecule has 3 heteroatoms. The zero-order valence-electron chi connectivity index (χ0n) is 10.4. The summed E-state index contributed by atoms with van der Waals surface area (Å²) in [6.45, 7) is 8.75. The fourth-order valence-corrected chi connectivity index (χ4v) is 2.21. The minimum Gasteiger partial charge on any atom is -0.498 e. The van der Waals surface area contributed by atoms with E-state index in [1.54, 1.807) is 7.11 Å². The molecule has 0 bridgehead atoms. The summed E-state index contributed by atoms with van der Waals surface area (Å²) in [6.07, 6.45) is 1.29. The van der Waals surface area contributed by atoms with Crippen molar-refractivity contribution < 1.29 is 14.6 Å². The van der Waals surface area contributed by atoms with E-state index in [9.17, 15) is 5.11 Å². The van der Waals surface area contributed by atoms with E-state index >= 15 is 0 Å². The number of hydrogen-bond donors (Lipinski definition) is 1. The van der Waals surface area contributed by atoms with E-state index in [0.717, 1.165) is 17.8 Å². The van der Waals surface area contributed by atoms with Crippen LogP contribution in [-0.4, -0.2) is 24.6 Å². The van der Waals surface area contributed by atoms with Crippen molar-refractivity contribution in [2.45, 2.75) is 46.3 Å². The van der Waals surface area contributed by atoms with Gasteiger partial charge in [-0.2, -0.15) is 0 Å². The second-order valence-corrected chi connectivity index (χ2v) is 4.99. The maximum absolute atomic E-state index is 10.4. The number of hydrogen-bond acceptors (Lipinski definition) is 3. The van der Waals surface area contributed by atoms with Crippen LogP contribution >= 0.6 is 0 Å². The molecule has 1 heterocycles. The Labute approximate surface area is 92.1 Å². The van der Waals surface area contributed by atoms with Gasteiger partial charge in [-0.25, -0.2) is 0 Å². The lowest BCUT2D eigenvalue weighted by atomic mass is 9.78. The highest BCUT2D eigenvalue weighted by molar-refractivity contribution is 5.25. The average molecular weight is 214 g/mol. The van der Waals surface area contributed by atoms with Crippen LogP contribution in [0.3, 0.4) is 0 Å². The molecule has 0 radical (unpaired) electrons. The molecule has 1 atom stereocenters. The Hall–Kier alpha value is -0.540. The van der Waals surface area contributed by atoms with Gasteiger partial charge < -0.3 is 14.6 Å². The minimum atomic E-state index is -1.15. The molecule has 0 spiro atoms. The van der Waals surface area contributed by atoms with Crippen molar-refractivity contribution in [2.75, 3.05) is 13.7 Å².